The fourth-order valence-electron chi connectivity index (χ4n) is 0.175. The Hall–Kier alpha value is 0.670. The Kier molecular flexibility index (Phi) is 8.31. The highest BCUT2D eigenvalue weighted by molar-refractivity contribution is 8.93. The van der Waals surface area contributed by atoms with Crippen LogP contribution in [0.1, 0.15) is 20.3 Å². The van der Waals surface area contributed by atoms with Crippen LogP contribution in [0.4, 0.5) is 0 Å². The minimum absolute atomic E-state index is 0. The lowest BCUT2D eigenvalue weighted by atomic mass is 10.4. The first-order valence-corrected chi connectivity index (χ1v) is 3.84. The number of rotatable bonds is 2. The largest absolute Gasteiger partial charge is 0.346 e. The van der Waals surface area contributed by atoms with Gasteiger partial charge in [0.2, 0.25) is 0 Å². The molecule has 52 valence electrons. The van der Waals surface area contributed by atoms with Gasteiger partial charge in [-0.3, -0.25) is 4.57 Å². The maximum atomic E-state index is 10.1. The van der Waals surface area contributed by atoms with Gasteiger partial charge in [0.1, 0.15) is 0 Å². The molecule has 2 unspecified atom stereocenters. The smallest absolute Gasteiger partial charge is 0.191 e. The highest BCUT2D eigenvalue weighted by Gasteiger charge is 2.01. The molecule has 0 heterocycles. The van der Waals surface area contributed by atoms with Crippen molar-refractivity contribution < 1.29 is 9.46 Å². The van der Waals surface area contributed by atoms with Crippen molar-refractivity contribution in [2.45, 2.75) is 25.9 Å². The summed E-state index contributed by atoms with van der Waals surface area (Å²) in [5, 5.41) is 0. The van der Waals surface area contributed by atoms with Gasteiger partial charge in [-0.25, -0.2) is 0 Å². The normalized spacial score (nSPS) is 16.4. The van der Waals surface area contributed by atoms with Crippen LogP contribution in [-0.2, 0) is 4.57 Å². The third kappa shape index (κ3) is 4.82. The third-order valence-corrected chi connectivity index (χ3v) is 2.29. The Morgan fingerprint density at radius 1 is 1.75 bits per heavy atom. The lowest BCUT2D eigenvalue weighted by molar-refractivity contribution is 0.490. The van der Waals surface area contributed by atoms with Gasteiger partial charge in [-0.1, -0.05) is 13.8 Å². The van der Waals surface area contributed by atoms with Crippen LogP contribution >= 0.6 is 25.0 Å². The average Bonchev–Trinajstić information content (AvgIpc) is 1.65. The van der Waals surface area contributed by atoms with E-state index < -0.39 is 8.03 Å². The molecule has 4 heteroatoms. The van der Waals surface area contributed by atoms with E-state index in [0.717, 1.165) is 6.42 Å². The van der Waals surface area contributed by atoms with Crippen molar-refractivity contribution in [3.8, 4) is 0 Å². The van der Waals surface area contributed by atoms with Crippen LogP contribution in [0.25, 0.3) is 0 Å². The van der Waals surface area contributed by atoms with Crippen molar-refractivity contribution in [1.82, 2.24) is 0 Å². The Balaban J connectivity index is 0. The molecule has 0 rings (SSSR count). The van der Waals surface area contributed by atoms with E-state index in [-0.39, 0.29) is 22.6 Å². The SMILES string of the molecule is Br.CCC(C)[PH](=O)O. The van der Waals surface area contributed by atoms with Crippen LogP contribution < -0.4 is 0 Å². The minimum Gasteiger partial charge on any atom is -0.346 e. The molecule has 1 N–H and O–H groups in total. The van der Waals surface area contributed by atoms with E-state index in [1.807, 2.05) is 6.92 Å². The lowest BCUT2D eigenvalue weighted by Crippen LogP contribution is -1.89. The van der Waals surface area contributed by atoms with Crippen LogP contribution in [0, 0.1) is 0 Å². The summed E-state index contributed by atoms with van der Waals surface area (Å²) in [4.78, 5) is 8.37. The third-order valence-electron chi connectivity index (χ3n) is 1.03. The highest BCUT2D eigenvalue weighted by Crippen LogP contribution is 2.23. The predicted molar refractivity (Wildman–Crippen MR) is 41.3 cm³/mol. The molecule has 0 bridgehead atoms. The maximum absolute atomic E-state index is 10.1. The zero-order chi connectivity index (χ0) is 5.86. The molecule has 0 aromatic heterocycles. The van der Waals surface area contributed by atoms with Crippen molar-refractivity contribution in [3.05, 3.63) is 0 Å². The highest BCUT2D eigenvalue weighted by atomic mass is 79.9. The first-order valence-electron chi connectivity index (χ1n) is 2.41. The molecule has 0 aliphatic rings. The zero-order valence-corrected chi connectivity index (χ0v) is 7.76. The van der Waals surface area contributed by atoms with E-state index in [1.165, 1.54) is 0 Å². The van der Waals surface area contributed by atoms with E-state index in [4.69, 9.17) is 4.89 Å². The van der Waals surface area contributed by atoms with Crippen molar-refractivity contribution in [3.63, 3.8) is 0 Å². The van der Waals surface area contributed by atoms with Gasteiger partial charge in [0.05, 0.1) is 0 Å². The summed E-state index contributed by atoms with van der Waals surface area (Å²) in [6.45, 7) is 3.69. The number of halogens is 1. The van der Waals surface area contributed by atoms with Gasteiger partial charge in [-0.15, -0.1) is 17.0 Å². The number of hydrogen-bond donors (Lipinski definition) is 1. The first kappa shape index (κ1) is 11.5. The summed E-state index contributed by atoms with van der Waals surface area (Å²) >= 11 is 0. The molecule has 2 atom stereocenters. The van der Waals surface area contributed by atoms with Crippen LogP contribution in [-0.4, -0.2) is 10.6 Å². The second kappa shape index (κ2) is 5.80. The Morgan fingerprint density at radius 2 is 2.12 bits per heavy atom. The molecule has 8 heavy (non-hydrogen) atoms. The maximum Gasteiger partial charge on any atom is 0.191 e. The van der Waals surface area contributed by atoms with Crippen molar-refractivity contribution in [1.29, 1.82) is 0 Å². The fraction of sp³-hybridized carbons (Fsp3) is 1.00. The molecule has 0 radical (unpaired) electrons. The molecular weight excluding hydrogens is 191 g/mol. The molecule has 0 aromatic carbocycles. The first-order chi connectivity index (χ1) is 3.18. The Morgan fingerprint density at radius 3 is 2.12 bits per heavy atom. The van der Waals surface area contributed by atoms with E-state index >= 15 is 0 Å². The topological polar surface area (TPSA) is 37.3 Å². The summed E-state index contributed by atoms with van der Waals surface area (Å²) in [5.74, 6) is 0. The summed E-state index contributed by atoms with van der Waals surface area (Å²) in [6.07, 6.45) is 0.800. The van der Waals surface area contributed by atoms with Gasteiger partial charge in [-0.05, 0) is 6.42 Å². The monoisotopic (exact) mass is 202 g/mol. The van der Waals surface area contributed by atoms with E-state index in [9.17, 15) is 4.57 Å². The van der Waals surface area contributed by atoms with Crippen molar-refractivity contribution in [2.75, 3.05) is 0 Å². The van der Waals surface area contributed by atoms with Crippen LogP contribution in [0.2, 0.25) is 0 Å². The van der Waals surface area contributed by atoms with E-state index in [2.05, 4.69) is 0 Å². The average molecular weight is 203 g/mol. The second-order valence-electron chi connectivity index (χ2n) is 1.65. The van der Waals surface area contributed by atoms with Crippen LogP contribution in [0.5, 0.6) is 0 Å². The van der Waals surface area contributed by atoms with E-state index in [1.54, 1.807) is 6.92 Å². The van der Waals surface area contributed by atoms with Gasteiger partial charge < -0.3 is 4.89 Å². The van der Waals surface area contributed by atoms with Crippen LogP contribution in [0.3, 0.4) is 0 Å². The van der Waals surface area contributed by atoms with Gasteiger partial charge >= 0.3 is 0 Å². The summed E-state index contributed by atoms with van der Waals surface area (Å²) < 4.78 is 10.1. The molecule has 0 amide bonds. The molecular formula is C4H12BrO2P. The van der Waals surface area contributed by atoms with E-state index in [0.29, 0.717) is 0 Å². The summed E-state index contributed by atoms with van der Waals surface area (Å²) in [5.41, 5.74) is 0.00463. The molecule has 2 nitrogen and oxygen atoms in total. The molecule has 0 aromatic rings. The van der Waals surface area contributed by atoms with Gasteiger partial charge in [0, 0.05) is 5.66 Å². The molecule has 0 saturated heterocycles. The Labute approximate surface area is 60.9 Å². The Bertz CT molecular complexity index is 76.4. The molecule has 0 aliphatic heterocycles. The molecule has 0 aliphatic carbocycles. The predicted octanol–water partition coefficient (Wildman–Crippen LogP) is 1.83. The molecule has 0 saturated carbocycles. The lowest BCUT2D eigenvalue weighted by Gasteiger charge is -1.98. The summed E-state index contributed by atoms with van der Waals surface area (Å²) in [7, 11) is -2.21. The van der Waals surface area contributed by atoms with Crippen molar-refractivity contribution in [2.24, 2.45) is 0 Å². The molecule has 0 spiro atoms. The van der Waals surface area contributed by atoms with Crippen molar-refractivity contribution >= 4 is 25.0 Å². The second-order valence-corrected chi connectivity index (χ2v) is 3.31. The van der Waals surface area contributed by atoms with Gasteiger partial charge in [0.25, 0.3) is 0 Å². The number of hydrogen-bond acceptors (Lipinski definition) is 1. The molecule has 0 fully saturated rings. The fourth-order valence-corrected chi connectivity index (χ4v) is 0.524. The minimum atomic E-state index is -2.21. The standard InChI is InChI=1S/C4H11O2P.BrH/c1-3-4(2)7(5)6;/h4,7H,3H2,1-2H3,(H,5,6);1H. The van der Waals surface area contributed by atoms with Gasteiger partial charge in [-0.2, -0.15) is 0 Å². The van der Waals surface area contributed by atoms with Crippen LogP contribution in [0.15, 0.2) is 0 Å². The summed E-state index contributed by atoms with van der Waals surface area (Å²) in [6, 6.07) is 0. The quantitative estimate of drug-likeness (QED) is 0.695. The van der Waals surface area contributed by atoms with Gasteiger partial charge in [0.15, 0.2) is 8.03 Å². The zero-order valence-electron chi connectivity index (χ0n) is 5.05.